The van der Waals surface area contributed by atoms with E-state index in [2.05, 4.69) is 10.3 Å². The van der Waals surface area contributed by atoms with Crippen LogP contribution in [0.25, 0.3) is 0 Å². The summed E-state index contributed by atoms with van der Waals surface area (Å²) in [4.78, 5) is 3.94. The standard InChI is InChI=1S/C7H10N2O.2C2H6/c1-8-6-3-7(10-2)5-9-4-6;2*1-2/h3-5,8H,1-2H3;2*1-2H3. The Kier molecular flexibility index (Phi) is 12.8. The van der Waals surface area contributed by atoms with E-state index in [-0.39, 0.29) is 0 Å². The van der Waals surface area contributed by atoms with Crippen molar-refractivity contribution in [3.8, 4) is 5.75 Å². The van der Waals surface area contributed by atoms with Crippen molar-refractivity contribution in [1.82, 2.24) is 4.98 Å². The number of nitrogens with zero attached hydrogens (tertiary/aromatic N) is 1. The van der Waals surface area contributed by atoms with Crippen LogP contribution in [0, 0.1) is 0 Å². The highest BCUT2D eigenvalue weighted by molar-refractivity contribution is 5.44. The van der Waals surface area contributed by atoms with Crippen molar-refractivity contribution in [1.29, 1.82) is 0 Å². The quantitative estimate of drug-likeness (QED) is 0.792. The van der Waals surface area contributed by atoms with Crippen LogP contribution in [0.4, 0.5) is 5.69 Å². The fraction of sp³-hybridized carbons (Fsp3) is 0.545. The third kappa shape index (κ3) is 6.29. The minimum absolute atomic E-state index is 0.770. The molecule has 1 aromatic rings. The molecule has 0 aliphatic carbocycles. The molecule has 82 valence electrons. The molecular formula is C11H22N2O. The average molecular weight is 198 g/mol. The molecule has 0 saturated heterocycles. The van der Waals surface area contributed by atoms with Gasteiger partial charge < -0.3 is 10.1 Å². The summed E-state index contributed by atoms with van der Waals surface area (Å²) < 4.78 is 4.95. The molecule has 1 heterocycles. The summed E-state index contributed by atoms with van der Waals surface area (Å²) in [6, 6.07) is 1.88. The number of hydrogen-bond acceptors (Lipinski definition) is 3. The SMILES string of the molecule is CC.CC.CNc1cncc(OC)c1. The van der Waals surface area contributed by atoms with Crippen LogP contribution in [0.1, 0.15) is 27.7 Å². The molecule has 3 heteroatoms. The van der Waals surface area contributed by atoms with Crippen molar-refractivity contribution in [2.24, 2.45) is 0 Å². The number of nitrogens with one attached hydrogen (secondary N) is 1. The van der Waals surface area contributed by atoms with Crippen LogP contribution in [0.15, 0.2) is 18.5 Å². The minimum atomic E-state index is 0.770. The summed E-state index contributed by atoms with van der Waals surface area (Å²) in [5, 5.41) is 2.96. The molecule has 3 nitrogen and oxygen atoms in total. The zero-order valence-corrected chi connectivity index (χ0v) is 10.1. The number of anilines is 1. The first-order chi connectivity index (χ1) is 6.86. The molecule has 1 aromatic heterocycles. The van der Waals surface area contributed by atoms with Crippen LogP contribution in [0.3, 0.4) is 0 Å². The van der Waals surface area contributed by atoms with Gasteiger partial charge in [0.05, 0.1) is 25.2 Å². The molecule has 0 radical (unpaired) electrons. The predicted molar refractivity (Wildman–Crippen MR) is 63.0 cm³/mol. The molecule has 1 rings (SSSR count). The Morgan fingerprint density at radius 3 is 2.14 bits per heavy atom. The molecule has 0 atom stereocenters. The number of pyridine rings is 1. The molecule has 0 aliphatic heterocycles. The number of methoxy groups -OCH3 is 1. The number of aromatic nitrogens is 1. The molecular weight excluding hydrogens is 176 g/mol. The number of hydrogen-bond donors (Lipinski definition) is 1. The van der Waals surface area contributed by atoms with E-state index in [0.717, 1.165) is 11.4 Å². The average Bonchev–Trinajstić information content (AvgIpc) is 2.34. The lowest BCUT2D eigenvalue weighted by Gasteiger charge is -2.01. The van der Waals surface area contributed by atoms with E-state index >= 15 is 0 Å². The smallest absolute Gasteiger partial charge is 0.139 e. The lowest BCUT2D eigenvalue weighted by molar-refractivity contribution is 0.413. The summed E-state index contributed by atoms with van der Waals surface area (Å²) in [6.07, 6.45) is 3.41. The van der Waals surface area contributed by atoms with Crippen LogP contribution in [-0.4, -0.2) is 19.1 Å². The molecule has 0 fully saturated rings. The molecule has 0 aromatic carbocycles. The normalized spacial score (nSPS) is 7.29. The van der Waals surface area contributed by atoms with Crippen molar-refractivity contribution in [3.05, 3.63) is 18.5 Å². The lowest BCUT2D eigenvalue weighted by atomic mass is 10.4. The van der Waals surface area contributed by atoms with E-state index in [1.165, 1.54) is 0 Å². The van der Waals surface area contributed by atoms with Gasteiger partial charge >= 0.3 is 0 Å². The van der Waals surface area contributed by atoms with Crippen molar-refractivity contribution in [2.75, 3.05) is 19.5 Å². The molecule has 0 amide bonds. The summed E-state index contributed by atoms with van der Waals surface area (Å²) in [6.45, 7) is 8.00. The third-order valence-corrected chi connectivity index (χ3v) is 1.24. The van der Waals surface area contributed by atoms with Gasteiger partial charge in [0.1, 0.15) is 5.75 Å². The summed E-state index contributed by atoms with van der Waals surface area (Å²) >= 11 is 0. The van der Waals surface area contributed by atoms with Gasteiger partial charge in [-0.25, -0.2) is 0 Å². The van der Waals surface area contributed by atoms with Crippen LogP contribution in [0.5, 0.6) is 5.75 Å². The zero-order valence-electron chi connectivity index (χ0n) is 10.1. The number of ether oxygens (including phenoxy) is 1. The molecule has 0 unspecified atom stereocenters. The number of rotatable bonds is 2. The maximum absolute atomic E-state index is 4.95. The largest absolute Gasteiger partial charge is 0.495 e. The van der Waals surface area contributed by atoms with E-state index < -0.39 is 0 Å². The van der Waals surface area contributed by atoms with E-state index in [1.807, 2.05) is 40.8 Å². The highest BCUT2D eigenvalue weighted by Gasteiger charge is 1.91. The Balaban J connectivity index is 0. The first-order valence-electron chi connectivity index (χ1n) is 5.03. The second-order valence-corrected chi connectivity index (χ2v) is 1.86. The fourth-order valence-electron chi connectivity index (χ4n) is 0.667. The highest BCUT2D eigenvalue weighted by atomic mass is 16.5. The molecule has 1 N–H and O–H groups in total. The maximum Gasteiger partial charge on any atom is 0.139 e. The topological polar surface area (TPSA) is 34.2 Å². The van der Waals surface area contributed by atoms with Gasteiger partial charge in [0, 0.05) is 13.1 Å². The highest BCUT2D eigenvalue weighted by Crippen LogP contribution is 2.12. The molecule has 0 spiro atoms. The van der Waals surface area contributed by atoms with Gasteiger partial charge in [-0.2, -0.15) is 0 Å². The summed E-state index contributed by atoms with van der Waals surface area (Å²) in [7, 11) is 3.47. The Morgan fingerprint density at radius 1 is 1.14 bits per heavy atom. The molecule has 0 aliphatic rings. The van der Waals surface area contributed by atoms with Gasteiger partial charge in [0.2, 0.25) is 0 Å². The van der Waals surface area contributed by atoms with Crippen LogP contribution >= 0.6 is 0 Å². The van der Waals surface area contributed by atoms with Gasteiger partial charge in [-0.1, -0.05) is 27.7 Å². The zero-order chi connectivity index (χ0) is 11.4. The summed E-state index contributed by atoms with van der Waals surface area (Å²) in [5.74, 6) is 0.770. The predicted octanol–water partition coefficient (Wildman–Crippen LogP) is 3.18. The van der Waals surface area contributed by atoms with E-state index in [4.69, 9.17) is 4.74 Å². The Labute approximate surface area is 87.5 Å². The van der Waals surface area contributed by atoms with Crippen LogP contribution < -0.4 is 10.1 Å². The van der Waals surface area contributed by atoms with Gasteiger partial charge in [0.25, 0.3) is 0 Å². The van der Waals surface area contributed by atoms with Gasteiger partial charge in [-0.15, -0.1) is 0 Å². The fourth-order valence-corrected chi connectivity index (χ4v) is 0.667. The first kappa shape index (κ1) is 15.2. The Bertz CT molecular complexity index is 195. The molecule has 0 saturated carbocycles. The second-order valence-electron chi connectivity index (χ2n) is 1.86. The van der Waals surface area contributed by atoms with Crippen molar-refractivity contribution in [3.63, 3.8) is 0 Å². The van der Waals surface area contributed by atoms with Gasteiger partial charge in [-0.05, 0) is 0 Å². The third-order valence-electron chi connectivity index (χ3n) is 1.24. The van der Waals surface area contributed by atoms with Gasteiger partial charge in [-0.3, -0.25) is 4.98 Å². The van der Waals surface area contributed by atoms with Crippen LogP contribution in [0.2, 0.25) is 0 Å². The van der Waals surface area contributed by atoms with Crippen molar-refractivity contribution >= 4 is 5.69 Å². The first-order valence-corrected chi connectivity index (χ1v) is 5.03. The minimum Gasteiger partial charge on any atom is -0.495 e. The summed E-state index contributed by atoms with van der Waals surface area (Å²) in [5.41, 5.74) is 0.958. The van der Waals surface area contributed by atoms with E-state index in [9.17, 15) is 0 Å². The van der Waals surface area contributed by atoms with E-state index in [1.54, 1.807) is 19.5 Å². The molecule has 14 heavy (non-hydrogen) atoms. The van der Waals surface area contributed by atoms with Crippen molar-refractivity contribution in [2.45, 2.75) is 27.7 Å². The monoisotopic (exact) mass is 198 g/mol. The van der Waals surface area contributed by atoms with Crippen LogP contribution in [-0.2, 0) is 0 Å². The lowest BCUT2D eigenvalue weighted by Crippen LogP contribution is -1.90. The second kappa shape index (κ2) is 11.8. The Morgan fingerprint density at radius 2 is 1.71 bits per heavy atom. The maximum atomic E-state index is 4.95. The van der Waals surface area contributed by atoms with E-state index in [0.29, 0.717) is 0 Å². The van der Waals surface area contributed by atoms with Gasteiger partial charge in [0.15, 0.2) is 0 Å². The Hall–Kier alpha value is -1.25. The molecule has 0 bridgehead atoms. The van der Waals surface area contributed by atoms with Crippen molar-refractivity contribution < 1.29 is 4.74 Å².